The van der Waals surface area contributed by atoms with Crippen molar-refractivity contribution >= 4 is 11.6 Å². The van der Waals surface area contributed by atoms with Crippen LogP contribution in [0.1, 0.15) is 12.0 Å². The lowest BCUT2D eigenvalue weighted by Gasteiger charge is -2.18. The summed E-state index contributed by atoms with van der Waals surface area (Å²) in [5, 5.41) is 2.44. The third-order valence-corrected chi connectivity index (χ3v) is 2.68. The van der Waals surface area contributed by atoms with Crippen molar-refractivity contribution in [3.63, 3.8) is 0 Å². The van der Waals surface area contributed by atoms with E-state index in [1.165, 1.54) is 25.2 Å². The molecule has 0 saturated heterocycles. The average molecular weight is 270 g/mol. The summed E-state index contributed by atoms with van der Waals surface area (Å²) >= 11 is 5.56. The fourth-order valence-corrected chi connectivity index (χ4v) is 1.72. The van der Waals surface area contributed by atoms with Crippen LogP contribution in [-0.2, 0) is 6.42 Å². The SMILES string of the molecule is CNC(Cc1cccc(Cl)c1F)CC(F)(F)F. The van der Waals surface area contributed by atoms with Gasteiger partial charge in [0.25, 0.3) is 0 Å². The molecule has 1 atom stereocenters. The van der Waals surface area contributed by atoms with Crippen LogP contribution >= 0.6 is 11.6 Å². The van der Waals surface area contributed by atoms with Crippen molar-refractivity contribution in [1.29, 1.82) is 0 Å². The van der Waals surface area contributed by atoms with Crippen molar-refractivity contribution < 1.29 is 17.6 Å². The summed E-state index contributed by atoms with van der Waals surface area (Å²) in [5.41, 5.74) is 0.182. The predicted molar refractivity (Wildman–Crippen MR) is 58.6 cm³/mol. The van der Waals surface area contributed by atoms with Gasteiger partial charge in [-0.3, -0.25) is 0 Å². The highest BCUT2D eigenvalue weighted by Gasteiger charge is 2.31. The molecule has 0 aliphatic carbocycles. The van der Waals surface area contributed by atoms with Crippen LogP contribution in [-0.4, -0.2) is 19.3 Å². The number of nitrogens with one attached hydrogen (secondary N) is 1. The zero-order valence-electron chi connectivity index (χ0n) is 9.11. The molecular weight excluding hydrogens is 258 g/mol. The fraction of sp³-hybridized carbons (Fsp3) is 0.455. The molecule has 1 N–H and O–H groups in total. The van der Waals surface area contributed by atoms with Gasteiger partial charge in [-0.05, 0) is 25.1 Å². The Morgan fingerprint density at radius 3 is 2.53 bits per heavy atom. The average Bonchev–Trinajstić information content (AvgIpc) is 2.21. The second-order valence-electron chi connectivity index (χ2n) is 3.72. The Hall–Kier alpha value is -0.810. The van der Waals surface area contributed by atoms with Crippen LogP contribution in [0.25, 0.3) is 0 Å². The molecule has 0 amide bonds. The molecule has 1 unspecified atom stereocenters. The van der Waals surface area contributed by atoms with Gasteiger partial charge >= 0.3 is 6.18 Å². The van der Waals surface area contributed by atoms with E-state index in [0.717, 1.165) is 0 Å². The molecule has 1 aromatic carbocycles. The van der Waals surface area contributed by atoms with Crippen LogP contribution in [0.5, 0.6) is 0 Å². The van der Waals surface area contributed by atoms with E-state index in [0.29, 0.717) is 0 Å². The molecule has 0 aromatic heterocycles. The fourth-order valence-electron chi connectivity index (χ4n) is 1.53. The maximum atomic E-state index is 13.5. The van der Waals surface area contributed by atoms with E-state index in [2.05, 4.69) is 5.32 Å². The first-order chi connectivity index (χ1) is 7.83. The van der Waals surface area contributed by atoms with E-state index in [1.54, 1.807) is 0 Å². The first kappa shape index (κ1) is 14.3. The van der Waals surface area contributed by atoms with Gasteiger partial charge in [-0.25, -0.2) is 4.39 Å². The highest BCUT2D eigenvalue weighted by Crippen LogP contribution is 2.25. The third kappa shape index (κ3) is 4.52. The lowest BCUT2D eigenvalue weighted by Crippen LogP contribution is -2.33. The van der Waals surface area contributed by atoms with Crippen molar-refractivity contribution in [1.82, 2.24) is 5.32 Å². The zero-order chi connectivity index (χ0) is 13.1. The summed E-state index contributed by atoms with van der Waals surface area (Å²) in [4.78, 5) is 0. The van der Waals surface area contributed by atoms with Gasteiger partial charge in [-0.2, -0.15) is 13.2 Å². The van der Waals surface area contributed by atoms with Crippen LogP contribution < -0.4 is 5.32 Å². The van der Waals surface area contributed by atoms with E-state index in [-0.39, 0.29) is 17.0 Å². The molecule has 0 spiro atoms. The molecule has 0 bridgehead atoms. The van der Waals surface area contributed by atoms with Gasteiger partial charge in [0.1, 0.15) is 5.82 Å². The largest absolute Gasteiger partial charge is 0.390 e. The van der Waals surface area contributed by atoms with Gasteiger partial charge in [-0.15, -0.1) is 0 Å². The van der Waals surface area contributed by atoms with Crippen LogP contribution in [0.4, 0.5) is 17.6 Å². The van der Waals surface area contributed by atoms with E-state index >= 15 is 0 Å². The molecule has 0 fully saturated rings. The van der Waals surface area contributed by atoms with E-state index < -0.39 is 24.5 Å². The summed E-state index contributed by atoms with van der Waals surface area (Å²) in [7, 11) is 1.42. The van der Waals surface area contributed by atoms with E-state index in [9.17, 15) is 17.6 Å². The Kier molecular flexibility index (Phi) is 4.77. The maximum absolute atomic E-state index is 13.5. The summed E-state index contributed by atoms with van der Waals surface area (Å²) in [6, 6.07) is 3.45. The molecule has 0 heterocycles. The molecule has 0 saturated carbocycles. The van der Waals surface area contributed by atoms with Crippen LogP contribution in [0.2, 0.25) is 5.02 Å². The Morgan fingerprint density at radius 1 is 1.35 bits per heavy atom. The topological polar surface area (TPSA) is 12.0 Å². The normalized spacial score (nSPS) is 13.8. The Bertz CT molecular complexity index is 378. The highest BCUT2D eigenvalue weighted by molar-refractivity contribution is 6.30. The lowest BCUT2D eigenvalue weighted by molar-refractivity contribution is -0.139. The Morgan fingerprint density at radius 2 is 2.00 bits per heavy atom. The molecule has 0 radical (unpaired) electrons. The number of hydrogen-bond acceptors (Lipinski definition) is 1. The molecule has 96 valence electrons. The van der Waals surface area contributed by atoms with Crippen LogP contribution in [0, 0.1) is 5.82 Å². The molecular formula is C11H12ClF4N. The van der Waals surface area contributed by atoms with Crippen molar-refractivity contribution in [3.8, 4) is 0 Å². The highest BCUT2D eigenvalue weighted by atomic mass is 35.5. The van der Waals surface area contributed by atoms with E-state index in [4.69, 9.17) is 11.6 Å². The van der Waals surface area contributed by atoms with Crippen molar-refractivity contribution in [2.24, 2.45) is 0 Å². The minimum absolute atomic E-state index is 0.0532. The summed E-state index contributed by atoms with van der Waals surface area (Å²) in [5.74, 6) is -0.656. The standard InChI is InChI=1S/C11H12ClF4N/c1-17-8(6-11(14,15)16)5-7-3-2-4-9(12)10(7)13/h2-4,8,17H,5-6H2,1H3. The Labute approximate surface area is 102 Å². The molecule has 17 heavy (non-hydrogen) atoms. The Balaban J connectivity index is 2.77. The minimum atomic E-state index is -4.28. The van der Waals surface area contributed by atoms with Gasteiger partial charge in [0, 0.05) is 6.04 Å². The van der Waals surface area contributed by atoms with Gasteiger partial charge in [0.2, 0.25) is 0 Å². The number of halogens is 5. The lowest BCUT2D eigenvalue weighted by atomic mass is 10.0. The number of likely N-dealkylation sites (N-methyl/N-ethyl adjacent to an activating group) is 1. The summed E-state index contributed by atoms with van der Waals surface area (Å²) < 4.78 is 50.1. The first-order valence-corrected chi connectivity index (χ1v) is 5.38. The molecule has 1 nitrogen and oxygen atoms in total. The van der Waals surface area contributed by atoms with Gasteiger partial charge in [0.05, 0.1) is 11.4 Å². The smallest absolute Gasteiger partial charge is 0.316 e. The van der Waals surface area contributed by atoms with Crippen molar-refractivity contribution in [2.75, 3.05) is 7.05 Å². The maximum Gasteiger partial charge on any atom is 0.390 e. The number of benzene rings is 1. The second-order valence-corrected chi connectivity index (χ2v) is 4.13. The molecule has 1 aromatic rings. The van der Waals surface area contributed by atoms with Crippen LogP contribution in [0.15, 0.2) is 18.2 Å². The number of rotatable bonds is 4. The molecule has 1 rings (SSSR count). The second kappa shape index (κ2) is 5.69. The zero-order valence-corrected chi connectivity index (χ0v) is 9.87. The van der Waals surface area contributed by atoms with Crippen LogP contribution in [0.3, 0.4) is 0 Å². The summed E-state index contributed by atoms with van der Waals surface area (Å²) in [6.07, 6.45) is -5.33. The number of hydrogen-bond donors (Lipinski definition) is 1. The molecule has 0 aliphatic rings. The van der Waals surface area contributed by atoms with Gasteiger partial charge in [0.15, 0.2) is 0 Å². The quantitative estimate of drug-likeness (QED) is 0.824. The molecule has 0 aliphatic heterocycles. The third-order valence-electron chi connectivity index (χ3n) is 2.38. The number of alkyl halides is 3. The van der Waals surface area contributed by atoms with Gasteiger partial charge in [-0.1, -0.05) is 23.7 Å². The predicted octanol–water partition coefficient (Wildman–Crippen LogP) is 3.56. The van der Waals surface area contributed by atoms with Crippen molar-refractivity contribution in [2.45, 2.75) is 25.1 Å². The summed E-state index contributed by atoms with van der Waals surface area (Å²) in [6.45, 7) is 0. The van der Waals surface area contributed by atoms with Crippen molar-refractivity contribution in [3.05, 3.63) is 34.6 Å². The van der Waals surface area contributed by atoms with E-state index in [1.807, 2.05) is 0 Å². The van der Waals surface area contributed by atoms with Gasteiger partial charge < -0.3 is 5.32 Å². The monoisotopic (exact) mass is 269 g/mol. The first-order valence-electron chi connectivity index (χ1n) is 5.00. The molecule has 6 heteroatoms. The minimum Gasteiger partial charge on any atom is -0.316 e.